The van der Waals surface area contributed by atoms with Crippen molar-refractivity contribution >= 4 is 28.8 Å². The van der Waals surface area contributed by atoms with Crippen LogP contribution in [0.2, 0.25) is 0 Å². The highest BCUT2D eigenvalue weighted by Crippen LogP contribution is 2.26. The molecular weight excluding hydrogens is 268 g/mol. The van der Waals surface area contributed by atoms with Gasteiger partial charge in [0.15, 0.2) is 0 Å². The molecule has 2 aromatic rings. The Kier molecular flexibility index (Phi) is 3.01. The smallest absolute Gasteiger partial charge is 0.348 e. The second-order valence-corrected chi connectivity index (χ2v) is 5.31. The maximum atomic E-state index is 12.0. The molecule has 0 saturated carbocycles. The zero-order valence-electron chi connectivity index (χ0n) is 11.8. The summed E-state index contributed by atoms with van der Waals surface area (Å²) < 4.78 is 10.2. The van der Waals surface area contributed by atoms with Gasteiger partial charge in [-0.2, -0.15) is 0 Å². The first kappa shape index (κ1) is 13.4. The number of ether oxygens (including phenoxy) is 2. The first-order valence-electron chi connectivity index (χ1n) is 6.62. The normalized spacial score (nSPS) is 17.3. The average Bonchev–Trinajstić information content (AvgIpc) is 2.42. The molecule has 1 fully saturated rings. The third-order valence-corrected chi connectivity index (χ3v) is 3.24. The van der Waals surface area contributed by atoms with Crippen molar-refractivity contribution < 1.29 is 19.1 Å². The fraction of sp³-hybridized carbons (Fsp3) is 0.176. The van der Waals surface area contributed by atoms with Gasteiger partial charge in [0.05, 0.1) is 0 Å². The number of hydrogen-bond donors (Lipinski definition) is 0. The van der Waals surface area contributed by atoms with Crippen LogP contribution in [0.25, 0.3) is 16.8 Å². The molecule has 1 heterocycles. The molecule has 0 aromatic heterocycles. The van der Waals surface area contributed by atoms with Crippen LogP contribution in [0.5, 0.6) is 0 Å². The molecule has 0 unspecified atom stereocenters. The van der Waals surface area contributed by atoms with Gasteiger partial charge in [0.25, 0.3) is 5.79 Å². The van der Waals surface area contributed by atoms with Crippen LogP contribution in [0.15, 0.2) is 48.0 Å². The van der Waals surface area contributed by atoms with Crippen LogP contribution in [-0.2, 0) is 19.1 Å². The van der Waals surface area contributed by atoms with Crippen molar-refractivity contribution in [2.75, 3.05) is 0 Å². The van der Waals surface area contributed by atoms with Gasteiger partial charge < -0.3 is 9.47 Å². The predicted molar refractivity (Wildman–Crippen MR) is 78.2 cm³/mol. The molecule has 0 spiro atoms. The lowest BCUT2D eigenvalue weighted by Crippen LogP contribution is -2.41. The Morgan fingerprint density at radius 3 is 2.24 bits per heavy atom. The van der Waals surface area contributed by atoms with Crippen molar-refractivity contribution in [3.05, 3.63) is 53.6 Å². The van der Waals surface area contributed by atoms with Gasteiger partial charge in [-0.1, -0.05) is 42.5 Å². The van der Waals surface area contributed by atoms with E-state index in [-0.39, 0.29) is 5.57 Å². The van der Waals surface area contributed by atoms with E-state index in [9.17, 15) is 9.59 Å². The minimum atomic E-state index is -1.22. The summed E-state index contributed by atoms with van der Waals surface area (Å²) in [6.07, 6.45) is 1.52. The van der Waals surface area contributed by atoms with Crippen molar-refractivity contribution in [1.82, 2.24) is 0 Å². The fourth-order valence-electron chi connectivity index (χ4n) is 2.31. The fourth-order valence-corrected chi connectivity index (χ4v) is 2.31. The molecule has 4 heteroatoms. The molecule has 1 aliphatic heterocycles. The van der Waals surface area contributed by atoms with Crippen LogP contribution in [0.4, 0.5) is 0 Å². The Morgan fingerprint density at radius 1 is 0.905 bits per heavy atom. The Labute approximate surface area is 122 Å². The standard InChI is InChI=1S/C17H14O4/c1-17(2)20-15(18)14(16(19)21-17)10-12-8-5-7-11-6-3-4-9-13(11)12/h3-10H,1-2H3. The molecular formula is C17H14O4. The summed E-state index contributed by atoms with van der Waals surface area (Å²) in [5, 5.41) is 1.99. The van der Waals surface area contributed by atoms with Gasteiger partial charge in [-0.25, -0.2) is 9.59 Å². The van der Waals surface area contributed by atoms with Crippen LogP contribution >= 0.6 is 0 Å². The molecule has 3 rings (SSSR count). The van der Waals surface area contributed by atoms with Crippen molar-refractivity contribution in [1.29, 1.82) is 0 Å². The predicted octanol–water partition coefficient (Wildman–Crippen LogP) is 3.06. The number of hydrogen-bond acceptors (Lipinski definition) is 4. The largest absolute Gasteiger partial charge is 0.419 e. The Bertz CT molecular complexity index is 744. The van der Waals surface area contributed by atoms with E-state index in [4.69, 9.17) is 9.47 Å². The van der Waals surface area contributed by atoms with Gasteiger partial charge in [0.1, 0.15) is 5.57 Å². The van der Waals surface area contributed by atoms with E-state index < -0.39 is 17.7 Å². The van der Waals surface area contributed by atoms with Crippen LogP contribution < -0.4 is 0 Å². The minimum absolute atomic E-state index is 0.0920. The topological polar surface area (TPSA) is 52.6 Å². The molecule has 1 saturated heterocycles. The van der Waals surface area contributed by atoms with Gasteiger partial charge in [-0.15, -0.1) is 0 Å². The molecule has 0 radical (unpaired) electrons. The van der Waals surface area contributed by atoms with E-state index in [1.807, 2.05) is 42.5 Å². The zero-order chi connectivity index (χ0) is 15.0. The third kappa shape index (κ3) is 2.52. The number of fused-ring (bicyclic) bond motifs is 1. The number of cyclic esters (lactones) is 2. The van der Waals surface area contributed by atoms with E-state index in [1.165, 1.54) is 19.9 Å². The van der Waals surface area contributed by atoms with Crippen LogP contribution in [0.3, 0.4) is 0 Å². The van der Waals surface area contributed by atoms with E-state index in [2.05, 4.69) is 0 Å². The molecule has 1 aliphatic rings. The first-order chi connectivity index (χ1) is 9.96. The van der Waals surface area contributed by atoms with E-state index >= 15 is 0 Å². The number of carbonyl (C=O) groups is 2. The SMILES string of the molecule is CC1(C)OC(=O)C(=Cc2cccc3ccccc23)C(=O)O1. The van der Waals surface area contributed by atoms with Crippen molar-refractivity contribution in [2.24, 2.45) is 0 Å². The Balaban J connectivity index is 2.08. The maximum Gasteiger partial charge on any atom is 0.348 e. The highest BCUT2D eigenvalue weighted by atomic mass is 16.7. The molecule has 0 aliphatic carbocycles. The average molecular weight is 282 g/mol. The molecule has 0 N–H and O–H groups in total. The summed E-state index contributed by atoms with van der Waals surface area (Å²) in [5.74, 6) is -2.54. The lowest BCUT2D eigenvalue weighted by Gasteiger charge is -2.29. The van der Waals surface area contributed by atoms with Gasteiger partial charge in [-0.05, 0) is 22.4 Å². The van der Waals surface area contributed by atoms with Gasteiger partial charge in [-0.3, -0.25) is 0 Å². The monoisotopic (exact) mass is 282 g/mol. The minimum Gasteiger partial charge on any atom is -0.419 e. The maximum absolute atomic E-state index is 12.0. The summed E-state index contributed by atoms with van der Waals surface area (Å²) >= 11 is 0. The molecule has 0 bridgehead atoms. The van der Waals surface area contributed by atoms with Crippen molar-refractivity contribution in [3.8, 4) is 0 Å². The quantitative estimate of drug-likeness (QED) is 0.458. The van der Waals surface area contributed by atoms with Crippen molar-refractivity contribution in [2.45, 2.75) is 19.6 Å². The lowest BCUT2D eigenvalue weighted by atomic mass is 10.0. The summed E-state index contributed by atoms with van der Waals surface area (Å²) in [7, 11) is 0. The summed E-state index contributed by atoms with van der Waals surface area (Å²) in [6, 6.07) is 13.4. The number of benzene rings is 2. The van der Waals surface area contributed by atoms with Crippen molar-refractivity contribution in [3.63, 3.8) is 0 Å². The van der Waals surface area contributed by atoms with Gasteiger partial charge >= 0.3 is 11.9 Å². The first-order valence-corrected chi connectivity index (χ1v) is 6.62. The summed E-state index contributed by atoms with van der Waals surface area (Å²) in [6.45, 7) is 3.05. The lowest BCUT2D eigenvalue weighted by molar-refractivity contribution is -0.222. The van der Waals surface area contributed by atoms with Crippen LogP contribution in [-0.4, -0.2) is 17.7 Å². The second-order valence-electron chi connectivity index (χ2n) is 5.31. The molecule has 21 heavy (non-hydrogen) atoms. The zero-order valence-corrected chi connectivity index (χ0v) is 11.8. The highest BCUT2D eigenvalue weighted by molar-refractivity contribution is 6.19. The second kappa shape index (κ2) is 4.74. The number of esters is 2. The molecule has 2 aromatic carbocycles. The Hall–Kier alpha value is -2.62. The highest BCUT2D eigenvalue weighted by Gasteiger charge is 2.38. The van der Waals surface area contributed by atoms with E-state index in [0.717, 1.165) is 16.3 Å². The molecule has 106 valence electrons. The van der Waals surface area contributed by atoms with Crippen LogP contribution in [0.1, 0.15) is 19.4 Å². The van der Waals surface area contributed by atoms with E-state index in [0.29, 0.717) is 0 Å². The van der Waals surface area contributed by atoms with Crippen LogP contribution in [0, 0.1) is 0 Å². The van der Waals surface area contributed by atoms with Gasteiger partial charge in [0.2, 0.25) is 0 Å². The van der Waals surface area contributed by atoms with Gasteiger partial charge in [0, 0.05) is 13.8 Å². The van der Waals surface area contributed by atoms with E-state index in [1.54, 1.807) is 0 Å². The Morgan fingerprint density at radius 2 is 1.52 bits per heavy atom. The molecule has 4 nitrogen and oxygen atoms in total. The summed E-state index contributed by atoms with van der Waals surface area (Å²) in [4.78, 5) is 23.9. The molecule has 0 amide bonds. The number of carbonyl (C=O) groups excluding carboxylic acids is 2. The summed E-state index contributed by atoms with van der Waals surface area (Å²) in [5.41, 5.74) is 0.683. The molecule has 0 atom stereocenters. The number of rotatable bonds is 1. The third-order valence-electron chi connectivity index (χ3n) is 3.24.